The second-order valence-electron chi connectivity index (χ2n) is 6.51. The van der Waals surface area contributed by atoms with Crippen molar-refractivity contribution in [1.82, 2.24) is 10.2 Å². The zero-order valence-corrected chi connectivity index (χ0v) is 16.7. The van der Waals surface area contributed by atoms with Crippen molar-refractivity contribution in [2.24, 2.45) is 4.40 Å². The molecule has 2 aromatic carbocycles. The van der Waals surface area contributed by atoms with E-state index in [1.165, 1.54) is 0 Å². The van der Waals surface area contributed by atoms with Crippen molar-refractivity contribution < 1.29 is 13.2 Å². The van der Waals surface area contributed by atoms with E-state index >= 15 is 0 Å². The molecule has 1 saturated heterocycles. The van der Waals surface area contributed by atoms with Crippen LogP contribution < -0.4 is 10.6 Å². The average molecular weight is 421 g/mol. The number of carbonyl (C=O) groups is 1. The highest BCUT2D eigenvalue weighted by molar-refractivity contribution is 7.90. The van der Waals surface area contributed by atoms with E-state index in [2.05, 4.69) is 15.0 Å². The van der Waals surface area contributed by atoms with E-state index in [1.54, 1.807) is 48.5 Å². The lowest BCUT2D eigenvalue weighted by Crippen LogP contribution is -2.34. The van der Waals surface area contributed by atoms with Crippen LogP contribution in [0.3, 0.4) is 0 Å². The van der Waals surface area contributed by atoms with E-state index in [4.69, 9.17) is 0 Å². The second-order valence-corrected chi connectivity index (χ2v) is 8.08. The van der Waals surface area contributed by atoms with Crippen molar-refractivity contribution in [3.05, 3.63) is 59.7 Å². The molecule has 28 heavy (non-hydrogen) atoms. The molecule has 2 aromatic rings. The van der Waals surface area contributed by atoms with Gasteiger partial charge < -0.3 is 15.5 Å². The minimum atomic E-state index is -3.66. The molecule has 0 aromatic heterocycles. The highest BCUT2D eigenvalue weighted by atomic mass is 35.5. The van der Waals surface area contributed by atoms with Gasteiger partial charge in [-0.2, -0.15) is 8.42 Å². The SMILES string of the molecule is Cl.O=C(c1ccc(NC2=NS(=O)(=O)c3ccccc32)cc1)N1CCCNCC1. The number of halogens is 1. The summed E-state index contributed by atoms with van der Waals surface area (Å²) in [4.78, 5) is 14.7. The Balaban J connectivity index is 0.00000225. The predicted molar refractivity (Wildman–Crippen MR) is 111 cm³/mol. The van der Waals surface area contributed by atoms with Crippen LogP contribution in [0.25, 0.3) is 0 Å². The summed E-state index contributed by atoms with van der Waals surface area (Å²) in [6.45, 7) is 3.18. The molecule has 0 spiro atoms. The fraction of sp³-hybridized carbons (Fsp3) is 0.263. The van der Waals surface area contributed by atoms with E-state index in [0.29, 0.717) is 29.2 Å². The molecule has 0 saturated carbocycles. The van der Waals surface area contributed by atoms with Crippen LogP contribution in [-0.2, 0) is 10.0 Å². The number of hydrogen-bond acceptors (Lipinski definition) is 5. The third-order valence-corrected chi connectivity index (χ3v) is 5.99. The van der Waals surface area contributed by atoms with Crippen LogP contribution in [0, 0.1) is 0 Å². The first kappa shape index (κ1) is 20.3. The number of sulfonamides is 1. The molecular weight excluding hydrogens is 400 g/mol. The largest absolute Gasteiger partial charge is 0.339 e. The minimum Gasteiger partial charge on any atom is -0.339 e. The van der Waals surface area contributed by atoms with E-state index in [1.807, 2.05) is 4.90 Å². The first-order chi connectivity index (χ1) is 13.0. The Hall–Kier alpha value is -2.42. The molecule has 1 fully saturated rings. The molecule has 0 aliphatic carbocycles. The van der Waals surface area contributed by atoms with Crippen molar-refractivity contribution in [3.63, 3.8) is 0 Å². The lowest BCUT2D eigenvalue weighted by molar-refractivity contribution is 0.0766. The third kappa shape index (κ3) is 4.04. The lowest BCUT2D eigenvalue weighted by Gasteiger charge is -2.20. The monoisotopic (exact) mass is 420 g/mol. The normalized spacial score (nSPS) is 17.7. The fourth-order valence-electron chi connectivity index (χ4n) is 3.26. The summed E-state index contributed by atoms with van der Waals surface area (Å²) in [5, 5.41) is 6.33. The number of fused-ring (bicyclic) bond motifs is 1. The van der Waals surface area contributed by atoms with E-state index in [-0.39, 0.29) is 23.2 Å². The van der Waals surface area contributed by atoms with Crippen molar-refractivity contribution in [1.29, 1.82) is 0 Å². The highest BCUT2D eigenvalue weighted by Crippen LogP contribution is 2.26. The van der Waals surface area contributed by atoms with Gasteiger partial charge in [0.05, 0.1) is 0 Å². The molecule has 7 nitrogen and oxygen atoms in total. The summed E-state index contributed by atoms with van der Waals surface area (Å²) >= 11 is 0. The molecule has 0 radical (unpaired) electrons. The molecule has 2 aliphatic heterocycles. The Bertz CT molecular complexity index is 998. The third-order valence-electron chi connectivity index (χ3n) is 4.65. The van der Waals surface area contributed by atoms with Crippen LogP contribution >= 0.6 is 12.4 Å². The molecule has 1 amide bonds. The van der Waals surface area contributed by atoms with Gasteiger partial charge in [0.1, 0.15) is 4.90 Å². The molecule has 2 aliphatic rings. The van der Waals surface area contributed by atoms with E-state index < -0.39 is 10.0 Å². The van der Waals surface area contributed by atoms with Gasteiger partial charge in [-0.3, -0.25) is 4.79 Å². The van der Waals surface area contributed by atoms with Crippen LogP contribution in [0.4, 0.5) is 5.69 Å². The first-order valence-electron chi connectivity index (χ1n) is 8.86. The van der Waals surface area contributed by atoms with Crippen LogP contribution in [0.2, 0.25) is 0 Å². The maximum atomic E-state index is 12.6. The summed E-state index contributed by atoms with van der Waals surface area (Å²) in [6, 6.07) is 13.7. The number of anilines is 1. The molecule has 9 heteroatoms. The lowest BCUT2D eigenvalue weighted by atomic mass is 10.1. The van der Waals surface area contributed by atoms with Gasteiger partial charge >= 0.3 is 0 Å². The number of amidine groups is 1. The Labute approximate surface area is 170 Å². The summed E-state index contributed by atoms with van der Waals surface area (Å²) in [6.07, 6.45) is 0.944. The number of benzene rings is 2. The van der Waals surface area contributed by atoms with Crippen molar-refractivity contribution >= 4 is 39.9 Å². The Morgan fingerprint density at radius 3 is 2.57 bits per heavy atom. The fourth-order valence-corrected chi connectivity index (χ4v) is 4.44. The summed E-state index contributed by atoms with van der Waals surface area (Å²) < 4.78 is 28.1. The van der Waals surface area contributed by atoms with Gasteiger partial charge in [0.15, 0.2) is 5.84 Å². The zero-order valence-electron chi connectivity index (χ0n) is 15.1. The van der Waals surface area contributed by atoms with Gasteiger partial charge in [0.2, 0.25) is 0 Å². The van der Waals surface area contributed by atoms with Crippen molar-refractivity contribution in [2.45, 2.75) is 11.3 Å². The summed E-state index contributed by atoms with van der Waals surface area (Å²) in [5.74, 6) is 0.305. The van der Waals surface area contributed by atoms with Gasteiger partial charge in [-0.1, -0.05) is 12.1 Å². The molecule has 2 heterocycles. The first-order valence-corrected chi connectivity index (χ1v) is 10.3. The Morgan fingerprint density at radius 1 is 1.04 bits per heavy atom. The van der Waals surface area contributed by atoms with Gasteiger partial charge in [0, 0.05) is 36.4 Å². The van der Waals surface area contributed by atoms with Crippen molar-refractivity contribution in [3.8, 4) is 0 Å². The maximum Gasteiger partial charge on any atom is 0.285 e. The van der Waals surface area contributed by atoms with E-state index in [9.17, 15) is 13.2 Å². The smallest absolute Gasteiger partial charge is 0.285 e. The quantitative estimate of drug-likeness (QED) is 0.776. The van der Waals surface area contributed by atoms with Crippen LogP contribution in [0.5, 0.6) is 0 Å². The zero-order chi connectivity index (χ0) is 18.9. The van der Waals surface area contributed by atoms with Crippen LogP contribution in [0.1, 0.15) is 22.3 Å². The van der Waals surface area contributed by atoms with Crippen LogP contribution in [0.15, 0.2) is 57.8 Å². The van der Waals surface area contributed by atoms with Gasteiger partial charge in [-0.05, 0) is 49.4 Å². The number of carbonyl (C=O) groups excluding carboxylic acids is 1. The molecule has 2 N–H and O–H groups in total. The second kappa shape index (κ2) is 8.30. The van der Waals surface area contributed by atoms with Gasteiger partial charge in [0.25, 0.3) is 15.9 Å². The predicted octanol–water partition coefficient (Wildman–Crippen LogP) is 2.10. The minimum absolute atomic E-state index is 0. The average Bonchev–Trinajstić information content (AvgIpc) is 2.86. The molecule has 148 valence electrons. The number of nitrogens with zero attached hydrogens (tertiary/aromatic N) is 2. The molecule has 0 unspecified atom stereocenters. The molecule has 0 atom stereocenters. The van der Waals surface area contributed by atoms with Gasteiger partial charge in [-0.15, -0.1) is 16.8 Å². The summed E-state index contributed by atoms with van der Waals surface area (Å²) in [5.41, 5.74) is 1.84. The molecule has 4 rings (SSSR count). The Morgan fingerprint density at radius 2 is 1.79 bits per heavy atom. The van der Waals surface area contributed by atoms with Crippen molar-refractivity contribution in [2.75, 3.05) is 31.5 Å². The number of hydrogen-bond donors (Lipinski definition) is 2. The highest BCUT2D eigenvalue weighted by Gasteiger charge is 2.28. The molecular formula is C19H21ClN4O3S. The topological polar surface area (TPSA) is 90.9 Å². The number of amides is 1. The standard InChI is InChI=1S/C19H20N4O3S.ClH/c24-19(23-12-3-10-20-11-13-23)14-6-8-15(9-7-14)21-18-16-4-1-2-5-17(16)27(25,26)22-18;/h1-2,4-9,20H,3,10-13H2,(H,21,22);1H. The van der Waals surface area contributed by atoms with E-state index in [0.717, 1.165) is 26.1 Å². The number of nitrogens with one attached hydrogen (secondary N) is 2. The maximum absolute atomic E-state index is 12.6. The van der Waals surface area contributed by atoms with Gasteiger partial charge in [-0.25, -0.2) is 0 Å². The number of rotatable bonds is 2. The Kier molecular flexibility index (Phi) is 6.02. The summed E-state index contributed by atoms with van der Waals surface area (Å²) in [7, 11) is -3.66. The molecule has 0 bridgehead atoms. The van der Waals surface area contributed by atoms with Crippen LogP contribution in [-0.4, -0.2) is 51.2 Å².